The largest absolute Gasteiger partial charge is 0.496 e. The van der Waals surface area contributed by atoms with E-state index in [1.807, 2.05) is 24.5 Å². The first kappa shape index (κ1) is 23.3. The van der Waals surface area contributed by atoms with Crippen LogP contribution in [0.2, 0.25) is 0 Å². The molecule has 0 fully saturated rings. The van der Waals surface area contributed by atoms with Gasteiger partial charge in [-0.15, -0.1) is 0 Å². The minimum atomic E-state index is -0.915. The Labute approximate surface area is 199 Å². The number of methoxy groups -OCH3 is 1. The molecule has 0 spiro atoms. The molecule has 3 aromatic heterocycles. The Hall–Kier alpha value is -3.86. The first-order valence-corrected chi connectivity index (χ1v) is 11.4. The lowest BCUT2D eigenvalue weighted by Gasteiger charge is -2.11. The van der Waals surface area contributed by atoms with E-state index in [2.05, 4.69) is 15.3 Å². The summed E-state index contributed by atoms with van der Waals surface area (Å²) in [5, 5.41) is 4.26. The van der Waals surface area contributed by atoms with Gasteiger partial charge in [-0.05, 0) is 32.0 Å². The molecule has 34 heavy (non-hydrogen) atoms. The molecule has 0 aliphatic carbocycles. The number of aromatic nitrogens is 3. The molecule has 9 nitrogen and oxygen atoms in total. The van der Waals surface area contributed by atoms with Gasteiger partial charge in [0, 0.05) is 36.3 Å². The van der Waals surface area contributed by atoms with Crippen molar-refractivity contribution in [2.45, 2.75) is 20.4 Å². The van der Waals surface area contributed by atoms with E-state index in [4.69, 9.17) is 19.9 Å². The van der Waals surface area contributed by atoms with E-state index in [-0.39, 0.29) is 10.9 Å². The number of primary amides is 1. The Morgan fingerprint density at radius 3 is 2.79 bits per heavy atom. The Bertz CT molecular complexity index is 1340. The first-order valence-electron chi connectivity index (χ1n) is 10.5. The van der Waals surface area contributed by atoms with Crippen molar-refractivity contribution in [3.05, 3.63) is 48.2 Å². The number of rotatable bonds is 9. The zero-order valence-corrected chi connectivity index (χ0v) is 19.7. The molecular formula is C23H24FN5O4S. The summed E-state index contributed by atoms with van der Waals surface area (Å²) in [6, 6.07) is 8.47. The van der Waals surface area contributed by atoms with E-state index in [1.54, 1.807) is 25.3 Å². The van der Waals surface area contributed by atoms with Gasteiger partial charge in [0.25, 0.3) is 0 Å². The maximum absolute atomic E-state index is 14.6. The first-order chi connectivity index (χ1) is 16.4. The lowest BCUT2D eigenvalue weighted by atomic mass is 10.2. The van der Waals surface area contributed by atoms with Crippen LogP contribution in [-0.4, -0.2) is 40.9 Å². The Balaban J connectivity index is 1.51. The highest BCUT2D eigenvalue weighted by atomic mass is 32.1. The average Bonchev–Trinajstić information content (AvgIpc) is 3.35. The second-order valence-electron chi connectivity index (χ2n) is 7.28. The number of hydrogen-bond donors (Lipinski definition) is 2. The van der Waals surface area contributed by atoms with Crippen molar-refractivity contribution in [1.82, 2.24) is 14.5 Å². The lowest BCUT2D eigenvalue weighted by molar-refractivity contribution is 0.209. The number of carbonyl (C=O) groups excluding carboxylic acids is 1. The van der Waals surface area contributed by atoms with Crippen molar-refractivity contribution in [3.8, 4) is 27.1 Å². The minimum Gasteiger partial charge on any atom is -0.496 e. The Morgan fingerprint density at radius 1 is 1.24 bits per heavy atom. The van der Waals surface area contributed by atoms with Gasteiger partial charge in [-0.1, -0.05) is 11.3 Å². The number of nitrogens with zero attached hydrogens (tertiary/aromatic N) is 3. The van der Waals surface area contributed by atoms with Gasteiger partial charge in [-0.25, -0.2) is 19.2 Å². The van der Waals surface area contributed by atoms with Crippen LogP contribution in [0.25, 0.3) is 21.5 Å². The number of aryl methyl sites for hydroxylation is 1. The average molecular weight is 486 g/mol. The molecule has 4 rings (SSSR count). The summed E-state index contributed by atoms with van der Waals surface area (Å²) in [5.74, 6) is 1.35. The third-order valence-electron chi connectivity index (χ3n) is 5.12. The van der Waals surface area contributed by atoms with Crippen LogP contribution in [0.4, 0.5) is 15.0 Å². The number of anilines is 1. The number of hydrogen-bond acceptors (Lipinski definition) is 8. The fourth-order valence-corrected chi connectivity index (χ4v) is 4.62. The molecule has 3 heterocycles. The van der Waals surface area contributed by atoms with Gasteiger partial charge in [0.15, 0.2) is 5.75 Å². The summed E-state index contributed by atoms with van der Waals surface area (Å²) in [4.78, 5) is 20.5. The molecule has 0 aliphatic heterocycles. The van der Waals surface area contributed by atoms with Crippen molar-refractivity contribution < 1.29 is 23.4 Å². The molecule has 0 radical (unpaired) electrons. The maximum Gasteiger partial charge on any atom is 0.410 e. The quantitative estimate of drug-likeness (QED) is 0.357. The maximum atomic E-state index is 14.6. The van der Waals surface area contributed by atoms with Crippen LogP contribution in [0.15, 0.2) is 36.7 Å². The van der Waals surface area contributed by atoms with Gasteiger partial charge in [-0.2, -0.15) is 0 Å². The summed E-state index contributed by atoms with van der Waals surface area (Å²) < 4.78 is 32.4. The van der Waals surface area contributed by atoms with E-state index >= 15 is 0 Å². The molecular weight excluding hydrogens is 461 g/mol. The molecule has 4 aromatic rings. The van der Waals surface area contributed by atoms with Crippen LogP contribution in [-0.2, 0) is 6.54 Å². The van der Waals surface area contributed by atoms with E-state index < -0.39 is 6.09 Å². The van der Waals surface area contributed by atoms with Crippen molar-refractivity contribution in [2.75, 3.05) is 25.6 Å². The van der Waals surface area contributed by atoms with Gasteiger partial charge in [-0.3, -0.25) is 0 Å². The molecule has 1 amide bonds. The zero-order valence-electron chi connectivity index (χ0n) is 18.9. The van der Waals surface area contributed by atoms with Crippen LogP contribution < -0.4 is 25.3 Å². The van der Waals surface area contributed by atoms with Gasteiger partial charge < -0.3 is 29.8 Å². The summed E-state index contributed by atoms with van der Waals surface area (Å²) in [5.41, 5.74) is 7.20. The minimum absolute atomic E-state index is 0.268. The SMILES string of the molecule is CCOc1cc(-c2cc(NCCn3c(C)cc4c(OC)ccc(F)c43)ncn2)sc1OC(N)=O. The second kappa shape index (κ2) is 9.96. The summed E-state index contributed by atoms with van der Waals surface area (Å²) in [7, 11) is 1.57. The van der Waals surface area contributed by atoms with Crippen molar-refractivity contribution in [1.29, 1.82) is 0 Å². The van der Waals surface area contributed by atoms with E-state index in [9.17, 15) is 9.18 Å². The summed E-state index contributed by atoms with van der Waals surface area (Å²) in [6.45, 7) is 5.18. The molecule has 11 heteroatoms. The molecule has 0 unspecified atom stereocenters. The molecule has 1 aromatic carbocycles. The molecule has 0 saturated heterocycles. The molecule has 3 N–H and O–H groups in total. The number of fused-ring (bicyclic) bond motifs is 1. The van der Waals surface area contributed by atoms with Crippen molar-refractivity contribution >= 4 is 34.2 Å². The molecule has 0 atom stereocenters. The predicted molar refractivity (Wildman–Crippen MR) is 128 cm³/mol. The number of ether oxygens (including phenoxy) is 3. The van der Waals surface area contributed by atoms with Crippen LogP contribution in [0.5, 0.6) is 16.6 Å². The van der Waals surface area contributed by atoms with Gasteiger partial charge in [0.2, 0.25) is 5.06 Å². The van der Waals surface area contributed by atoms with Gasteiger partial charge in [0.05, 0.1) is 29.8 Å². The molecule has 0 bridgehead atoms. The van der Waals surface area contributed by atoms with Crippen LogP contribution in [0, 0.1) is 12.7 Å². The van der Waals surface area contributed by atoms with E-state index in [1.165, 1.54) is 23.7 Å². The molecule has 0 saturated carbocycles. The van der Waals surface area contributed by atoms with Crippen LogP contribution in [0.1, 0.15) is 12.6 Å². The smallest absolute Gasteiger partial charge is 0.410 e. The lowest BCUT2D eigenvalue weighted by Crippen LogP contribution is -2.15. The molecule has 0 aliphatic rings. The van der Waals surface area contributed by atoms with Crippen LogP contribution in [0.3, 0.4) is 0 Å². The van der Waals surface area contributed by atoms with Crippen molar-refractivity contribution in [3.63, 3.8) is 0 Å². The number of halogens is 1. The standard InChI is InChI=1S/C23H24FN5O4S/c1-4-32-18-11-19(34-22(18)33-23(25)30)16-10-20(28-12-27-16)26-7-8-29-13(2)9-14-17(31-3)6-5-15(24)21(14)29/h5-6,9-12H,4,7-8H2,1-3H3,(H2,25,30)(H,26,27,28). The number of nitrogens with two attached hydrogens (primary N) is 1. The zero-order chi connectivity index (χ0) is 24.2. The number of benzene rings is 1. The third-order valence-corrected chi connectivity index (χ3v) is 6.13. The van der Waals surface area contributed by atoms with Crippen LogP contribution >= 0.6 is 11.3 Å². The Morgan fingerprint density at radius 2 is 2.06 bits per heavy atom. The van der Waals surface area contributed by atoms with E-state index in [0.29, 0.717) is 48.2 Å². The monoisotopic (exact) mass is 485 g/mol. The number of amides is 1. The Kier molecular flexibility index (Phi) is 6.82. The topological polar surface area (TPSA) is 114 Å². The van der Waals surface area contributed by atoms with Gasteiger partial charge in [0.1, 0.15) is 23.7 Å². The summed E-state index contributed by atoms with van der Waals surface area (Å²) >= 11 is 1.20. The fraction of sp³-hybridized carbons (Fsp3) is 0.261. The highest BCUT2D eigenvalue weighted by Crippen LogP contribution is 2.42. The number of carbonyl (C=O) groups is 1. The third kappa shape index (κ3) is 4.74. The van der Waals surface area contributed by atoms with Crippen molar-refractivity contribution in [2.24, 2.45) is 5.73 Å². The summed E-state index contributed by atoms with van der Waals surface area (Å²) in [6.07, 6.45) is 0.522. The van der Waals surface area contributed by atoms with E-state index in [0.717, 1.165) is 16.0 Å². The number of thiophene rings is 1. The molecule has 178 valence electrons. The van der Waals surface area contributed by atoms with Gasteiger partial charge >= 0.3 is 6.09 Å². The highest BCUT2D eigenvalue weighted by molar-refractivity contribution is 7.17. The highest BCUT2D eigenvalue weighted by Gasteiger charge is 2.17. The fourth-order valence-electron chi connectivity index (χ4n) is 3.69. The predicted octanol–water partition coefficient (Wildman–Crippen LogP) is 4.58. The normalized spacial score (nSPS) is 10.9. The number of nitrogens with one attached hydrogen (secondary N) is 1. The second-order valence-corrected chi connectivity index (χ2v) is 8.30.